The molecule has 1 aromatic rings. The highest BCUT2D eigenvalue weighted by molar-refractivity contribution is 5.83. The first-order valence-corrected chi connectivity index (χ1v) is 11.2. The van der Waals surface area contributed by atoms with E-state index < -0.39 is 6.10 Å². The molecule has 30 heavy (non-hydrogen) atoms. The Hall–Kier alpha value is -2.12. The molecule has 1 N–H and O–H groups in total. The molecule has 0 aromatic heterocycles. The molecule has 0 unspecified atom stereocenters. The van der Waals surface area contributed by atoms with E-state index in [0.717, 1.165) is 31.2 Å². The van der Waals surface area contributed by atoms with Crippen LogP contribution in [-0.4, -0.2) is 89.3 Å². The number of urea groups is 1. The van der Waals surface area contributed by atoms with Crippen molar-refractivity contribution < 1.29 is 14.7 Å². The molecule has 4 rings (SSSR count). The fourth-order valence-corrected chi connectivity index (χ4v) is 4.20. The van der Waals surface area contributed by atoms with Crippen LogP contribution >= 0.6 is 0 Å². The number of benzene rings is 1. The van der Waals surface area contributed by atoms with Gasteiger partial charge in [-0.1, -0.05) is 30.3 Å². The number of β-amino-alcohol motifs (C(OH)–C–C–N with tert-alkyl or cyclic N) is 1. The van der Waals surface area contributed by atoms with E-state index in [0.29, 0.717) is 31.3 Å². The Bertz CT molecular complexity index is 748. The summed E-state index contributed by atoms with van der Waals surface area (Å²) in [6.45, 7) is 1.59. The Morgan fingerprint density at radius 1 is 1.07 bits per heavy atom. The minimum atomic E-state index is -0.789. The van der Waals surface area contributed by atoms with Crippen molar-refractivity contribution in [2.75, 3.05) is 40.3 Å². The van der Waals surface area contributed by atoms with E-state index in [1.165, 1.54) is 5.01 Å². The standard InChI is InChI=1S/C23H34N4O3/c1-24(2)16-22(29)26-15-21(28)20(12-17-6-4-3-5-7-17)25(13-18-8-9-18)23(30)27(26)14-19-10-11-19/h3-7,18-21,28H,8-16H2,1-2H3/t20-,21-/m1/s1. The first kappa shape index (κ1) is 21.1. The number of hydrazine groups is 1. The third-order valence-electron chi connectivity index (χ3n) is 6.27. The summed E-state index contributed by atoms with van der Waals surface area (Å²) < 4.78 is 0. The molecule has 7 nitrogen and oxygen atoms in total. The molecule has 0 radical (unpaired) electrons. The van der Waals surface area contributed by atoms with E-state index in [4.69, 9.17) is 0 Å². The van der Waals surface area contributed by atoms with Gasteiger partial charge in [0.15, 0.2) is 0 Å². The number of aliphatic hydroxyl groups is 1. The Morgan fingerprint density at radius 2 is 1.70 bits per heavy atom. The number of nitrogens with zero attached hydrogens (tertiary/aromatic N) is 4. The summed E-state index contributed by atoms with van der Waals surface area (Å²) in [4.78, 5) is 30.5. The summed E-state index contributed by atoms with van der Waals surface area (Å²) in [5.74, 6) is 0.820. The second-order valence-electron chi connectivity index (χ2n) is 9.44. The van der Waals surface area contributed by atoms with Crippen LogP contribution < -0.4 is 0 Å². The number of hydrogen-bond donors (Lipinski definition) is 1. The molecule has 3 aliphatic rings. The van der Waals surface area contributed by atoms with Crippen molar-refractivity contribution in [1.29, 1.82) is 0 Å². The van der Waals surface area contributed by atoms with Crippen LogP contribution in [0.25, 0.3) is 0 Å². The fourth-order valence-electron chi connectivity index (χ4n) is 4.20. The maximum atomic E-state index is 13.8. The molecule has 1 aliphatic heterocycles. The lowest BCUT2D eigenvalue weighted by atomic mass is 9.99. The number of hydrogen-bond acceptors (Lipinski definition) is 4. The molecule has 2 aliphatic carbocycles. The average molecular weight is 415 g/mol. The molecule has 3 fully saturated rings. The lowest BCUT2D eigenvalue weighted by Crippen LogP contribution is -2.55. The van der Waals surface area contributed by atoms with Gasteiger partial charge in [0.25, 0.3) is 5.91 Å². The average Bonchev–Trinajstić information content (AvgIpc) is 3.61. The lowest BCUT2D eigenvalue weighted by Gasteiger charge is -2.36. The summed E-state index contributed by atoms with van der Waals surface area (Å²) in [5.41, 5.74) is 1.09. The summed E-state index contributed by atoms with van der Waals surface area (Å²) in [6.07, 6.45) is 4.25. The molecule has 2 atom stereocenters. The lowest BCUT2D eigenvalue weighted by molar-refractivity contribution is -0.147. The molecule has 0 spiro atoms. The molecular weight excluding hydrogens is 380 g/mol. The normalized spacial score (nSPS) is 25.1. The van der Waals surface area contributed by atoms with Gasteiger partial charge in [0.2, 0.25) is 0 Å². The molecule has 2 saturated carbocycles. The Labute approximate surface area is 179 Å². The minimum Gasteiger partial charge on any atom is -0.389 e. The van der Waals surface area contributed by atoms with Gasteiger partial charge in [0, 0.05) is 13.1 Å². The number of amides is 3. The van der Waals surface area contributed by atoms with E-state index in [1.54, 1.807) is 5.01 Å². The molecule has 1 heterocycles. The summed E-state index contributed by atoms with van der Waals surface area (Å²) >= 11 is 0. The molecule has 164 valence electrons. The Kier molecular flexibility index (Phi) is 6.29. The molecule has 1 aromatic carbocycles. The quantitative estimate of drug-likeness (QED) is 0.705. The third-order valence-corrected chi connectivity index (χ3v) is 6.27. The van der Waals surface area contributed by atoms with Crippen molar-refractivity contribution >= 4 is 11.9 Å². The zero-order chi connectivity index (χ0) is 21.3. The predicted molar refractivity (Wildman–Crippen MR) is 114 cm³/mol. The van der Waals surface area contributed by atoms with E-state index in [9.17, 15) is 14.7 Å². The van der Waals surface area contributed by atoms with Gasteiger partial charge >= 0.3 is 6.03 Å². The van der Waals surface area contributed by atoms with Gasteiger partial charge in [-0.3, -0.25) is 4.79 Å². The number of aliphatic hydroxyl groups excluding tert-OH is 1. The summed E-state index contributed by atoms with van der Waals surface area (Å²) in [6, 6.07) is 9.55. The van der Waals surface area contributed by atoms with Crippen LogP contribution in [0.5, 0.6) is 0 Å². The van der Waals surface area contributed by atoms with Crippen LogP contribution in [0.15, 0.2) is 30.3 Å². The van der Waals surface area contributed by atoms with Gasteiger partial charge in [0.1, 0.15) is 0 Å². The van der Waals surface area contributed by atoms with Crippen molar-refractivity contribution in [2.45, 2.75) is 44.2 Å². The maximum Gasteiger partial charge on any atom is 0.339 e. The minimum absolute atomic E-state index is 0.126. The van der Waals surface area contributed by atoms with E-state index in [1.807, 2.05) is 54.2 Å². The zero-order valence-electron chi connectivity index (χ0n) is 18.1. The van der Waals surface area contributed by atoms with Gasteiger partial charge in [0.05, 0.1) is 25.2 Å². The van der Waals surface area contributed by atoms with Gasteiger partial charge in [-0.25, -0.2) is 14.8 Å². The van der Waals surface area contributed by atoms with Gasteiger partial charge in [-0.2, -0.15) is 0 Å². The first-order chi connectivity index (χ1) is 14.4. The highest BCUT2D eigenvalue weighted by Gasteiger charge is 2.44. The summed E-state index contributed by atoms with van der Waals surface area (Å²) in [5, 5.41) is 14.4. The second kappa shape index (κ2) is 8.94. The third kappa shape index (κ3) is 5.13. The topological polar surface area (TPSA) is 67.3 Å². The van der Waals surface area contributed by atoms with Crippen molar-refractivity contribution in [3.05, 3.63) is 35.9 Å². The van der Waals surface area contributed by atoms with E-state index in [2.05, 4.69) is 0 Å². The fraction of sp³-hybridized carbons (Fsp3) is 0.652. The van der Waals surface area contributed by atoms with Crippen molar-refractivity contribution in [3.63, 3.8) is 0 Å². The molecule has 7 heteroatoms. The van der Waals surface area contributed by atoms with Gasteiger partial charge < -0.3 is 14.9 Å². The first-order valence-electron chi connectivity index (χ1n) is 11.2. The highest BCUT2D eigenvalue weighted by atomic mass is 16.3. The zero-order valence-corrected chi connectivity index (χ0v) is 18.1. The number of carbonyl (C=O) groups is 2. The van der Waals surface area contributed by atoms with Gasteiger partial charge in [-0.05, 0) is 63.6 Å². The molecular formula is C23H34N4O3. The number of carbonyl (C=O) groups excluding carboxylic acids is 2. The maximum absolute atomic E-state index is 13.8. The Morgan fingerprint density at radius 3 is 2.30 bits per heavy atom. The smallest absolute Gasteiger partial charge is 0.339 e. The van der Waals surface area contributed by atoms with Crippen LogP contribution in [0.2, 0.25) is 0 Å². The summed E-state index contributed by atoms with van der Waals surface area (Å²) in [7, 11) is 3.69. The SMILES string of the molecule is CN(C)CC(=O)N1C[C@@H](O)[C@@H](Cc2ccccc2)N(CC2CC2)C(=O)N1CC1CC1. The second-order valence-corrected chi connectivity index (χ2v) is 9.44. The highest BCUT2D eigenvalue weighted by Crippen LogP contribution is 2.35. The molecule has 0 bridgehead atoms. The van der Waals surface area contributed by atoms with Crippen LogP contribution in [-0.2, 0) is 11.2 Å². The predicted octanol–water partition coefficient (Wildman–Crippen LogP) is 1.82. The van der Waals surface area contributed by atoms with E-state index >= 15 is 0 Å². The number of rotatable bonds is 8. The Balaban J connectivity index is 1.63. The monoisotopic (exact) mass is 414 g/mol. The van der Waals surface area contributed by atoms with Crippen LogP contribution in [0.1, 0.15) is 31.2 Å². The van der Waals surface area contributed by atoms with Crippen molar-refractivity contribution in [1.82, 2.24) is 19.8 Å². The molecule has 3 amide bonds. The van der Waals surface area contributed by atoms with Crippen molar-refractivity contribution in [2.24, 2.45) is 11.8 Å². The van der Waals surface area contributed by atoms with Crippen molar-refractivity contribution in [3.8, 4) is 0 Å². The number of likely N-dealkylation sites (N-methyl/N-ethyl adjacent to an activating group) is 1. The largest absolute Gasteiger partial charge is 0.389 e. The van der Waals surface area contributed by atoms with Gasteiger partial charge in [-0.15, -0.1) is 0 Å². The molecule has 1 saturated heterocycles. The van der Waals surface area contributed by atoms with E-state index in [-0.39, 0.29) is 31.1 Å². The van der Waals surface area contributed by atoms with Crippen LogP contribution in [0, 0.1) is 11.8 Å². The van der Waals surface area contributed by atoms with Crippen LogP contribution in [0.3, 0.4) is 0 Å². The van der Waals surface area contributed by atoms with Crippen LogP contribution in [0.4, 0.5) is 4.79 Å².